The number of nitrogens with zero attached hydrogens (tertiary/aromatic N) is 5. The van der Waals surface area contributed by atoms with E-state index in [0.717, 1.165) is 23.4 Å². The highest BCUT2D eigenvalue weighted by Gasteiger charge is 2.32. The van der Waals surface area contributed by atoms with Gasteiger partial charge in [0, 0.05) is 18.3 Å². The Morgan fingerprint density at radius 2 is 2.04 bits per heavy atom. The first kappa shape index (κ1) is 17.7. The van der Waals surface area contributed by atoms with Crippen LogP contribution in [0, 0.1) is 6.92 Å². The number of pyridine rings is 1. The van der Waals surface area contributed by atoms with Crippen LogP contribution in [0.5, 0.6) is 5.88 Å². The standard InChI is InChI=1S/C19H21N5O2S/c1-13-5-7-20-17(11-13)26-15-4-3-14(2)23(12-15)18(25)16-6-10-27-19(16)24-21-8-9-22-24/h5-11,14-15H,3-4,12H2,1-2H3/t14-,15-/m1/s1. The Hall–Kier alpha value is -2.74. The number of piperidine rings is 1. The molecular formula is C19H21N5O2S. The van der Waals surface area contributed by atoms with Crippen LogP contribution in [-0.4, -0.2) is 49.5 Å². The summed E-state index contributed by atoms with van der Waals surface area (Å²) in [6, 6.07) is 5.85. The molecule has 4 rings (SSSR count). The molecule has 0 saturated carbocycles. The molecule has 0 N–H and O–H groups in total. The number of carbonyl (C=O) groups is 1. The lowest BCUT2D eigenvalue weighted by Crippen LogP contribution is -2.49. The molecule has 0 bridgehead atoms. The van der Waals surface area contributed by atoms with Gasteiger partial charge in [-0.2, -0.15) is 10.2 Å². The molecule has 3 aromatic rings. The van der Waals surface area contributed by atoms with Gasteiger partial charge in [-0.25, -0.2) is 4.98 Å². The Balaban J connectivity index is 1.52. The van der Waals surface area contributed by atoms with Crippen molar-refractivity contribution in [3.8, 4) is 10.9 Å². The number of amides is 1. The second-order valence-electron chi connectivity index (χ2n) is 6.75. The molecule has 27 heavy (non-hydrogen) atoms. The van der Waals surface area contributed by atoms with Crippen LogP contribution in [0.25, 0.3) is 5.00 Å². The number of carbonyl (C=O) groups excluding carboxylic acids is 1. The maximum Gasteiger partial charge on any atom is 0.257 e. The van der Waals surface area contributed by atoms with E-state index < -0.39 is 0 Å². The quantitative estimate of drug-likeness (QED) is 0.692. The van der Waals surface area contributed by atoms with E-state index in [9.17, 15) is 4.79 Å². The van der Waals surface area contributed by atoms with Gasteiger partial charge in [0.2, 0.25) is 5.88 Å². The highest BCUT2D eigenvalue weighted by atomic mass is 32.1. The molecule has 3 aromatic heterocycles. The lowest BCUT2D eigenvalue weighted by Gasteiger charge is -2.37. The van der Waals surface area contributed by atoms with Crippen LogP contribution in [0.3, 0.4) is 0 Å². The van der Waals surface area contributed by atoms with Crippen LogP contribution in [0.4, 0.5) is 0 Å². The Labute approximate surface area is 161 Å². The van der Waals surface area contributed by atoms with Gasteiger partial charge in [0.05, 0.1) is 24.5 Å². The number of rotatable bonds is 4. The molecule has 0 aromatic carbocycles. The third-order valence-corrected chi connectivity index (χ3v) is 5.63. The Morgan fingerprint density at radius 1 is 1.22 bits per heavy atom. The van der Waals surface area contributed by atoms with Gasteiger partial charge in [0.25, 0.3) is 5.91 Å². The van der Waals surface area contributed by atoms with E-state index in [0.29, 0.717) is 18.0 Å². The van der Waals surface area contributed by atoms with Crippen molar-refractivity contribution in [1.82, 2.24) is 24.9 Å². The Bertz CT molecular complexity index is 924. The molecule has 7 nitrogen and oxygen atoms in total. The van der Waals surface area contributed by atoms with E-state index in [1.165, 1.54) is 16.1 Å². The van der Waals surface area contributed by atoms with Gasteiger partial charge >= 0.3 is 0 Å². The predicted octanol–water partition coefficient (Wildman–Crippen LogP) is 3.10. The van der Waals surface area contributed by atoms with E-state index in [-0.39, 0.29) is 18.1 Å². The smallest absolute Gasteiger partial charge is 0.257 e. The minimum absolute atomic E-state index is 0.0125. The van der Waals surface area contributed by atoms with Crippen molar-refractivity contribution >= 4 is 17.2 Å². The van der Waals surface area contributed by atoms with Crippen molar-refractivity contribution in [2.24, 2.45) is 0 Å². The Kier molecular flexibility index (Phi) is 4.89. The first-order valence-electron chi connectivity index (χ1n) is 8.96. The minimum atomic E-state index is -0.0654. The van der Waals surface area contributed by atoms with Gasteiger partial charge < -0.3 is 9.64 Å². The maximum atomic E-state index is 13.2. The molecule has 0 radical (unpaired) electrons. The van der Waals surface area contributed by atoms with Gasteiger partial charge in [-0.15, -0.1) is 16.1 Å². The van der Waals surface area contributed by atoms with Crippen molar-refractivity contribution < 1.29 is 9.53 Å². The topological polar surface area (TPSA) is 73.1 Å². The summed E-state index contributed by atoms with van der Waals surface area (Å²) >= 11 is 1.46. The van der Waals surface area contributed by atoms with Crippen molar-refractivity contribution in [3.63, 3.8) is 0 Å². The zero-order valence-electron chi connectivity index (χ0n) is 15.3. The average molecular weight is 383 g/mol. The summed E-state index contributed by atoms with van der Waals surface area (Å²) in [6.45, 7) is 4.63. The zero-order chi connectivity index (χ0) is 18.8. The third-order valence-electron chi connectivity index (χ3n) is 4.75. The predicted molar refractivity (Wildman–Crippen MR) is 102 cm³/mol. The average Bonchev–Trinajstić information content (AvgIpc) is 3.34. The molecule has 1 fully saturated rings. The van der Waals surface area contributed by atoms with Crippen molar-refractivity contribution in [1.29, 1.82) is 0 Å². The summed E-state index contributed by atoms with van der Waals surface area (Å²) in [7, 11) is 0. The van der Waals surface area contributed by atoms with Crippen LogP contribution in [0.2, 0.25) is 0 Å². The molecule has 1 aliphatic rings. The van der Waals surface area contributed by atoms with Crippen molar-refractivity contribution in [2.45, 2.75) is 38.8 Å². The number of ether oxygens (including phenoxy) is 1. The summed E-state index contributed by atoms with van der Waals surface area (Å²) in [4.78, 5) is 20.9. The Morgan fingerprint density at radius 3 is 2.81 bits per heavy atom. The van der Waals surface area contributed by atoms with Crippen LogP contribution in [-0.2, 0) is 0 Å². The summed E-state index contributed by atoms with van der Waals surface area (Å²) in [5.74, 6) is 0.598. The molecule has 140 valence electrons. The van der Waals surface area contributed by atoms with Gasteiger partial charge in [-0.05, 0) is 49.8 Å². The fourth-order valence-electron chi connectivity index (χ4n) is 3.29. The largest absolute Gasteiger partial charge is 0.472 e. The van der Waals surface area contributed by atoms with E-state index >= 15 is 0 Å². The highest BCUT2D eigenvalue weighted by Crippen LogP contribution is 2.27. The highest BCUT2D eigenvalue weighted by molar-refractivity contribution is 7.12. The molecular weight excluding hydrogens is 362 g/mol. The summed E-state index contributed by atoms with van der Waals surface area (Å²) in [5, 5.41) is 10.9. The number of aryl methyl sites for hydroxylation is 1. The van der Waals surface area contributed by atoms with Gasteiger partial charge in [0.15, 0.2) is 5.00 Å². The monoisotopic (exact) mass is 383 g/mol. The second-order valence-corrected chi connectivity index (χ2v) is 7.65. The number of thiophene rings is 1. The number of hydrogen-bond acceptors (Lipinski definition) is 6. The van der Waals surface area contributed by atoms with Crippen molar-refractivity contribution in [3.05, 3.63) is 53.3 Å². The molecule has 0 aliphatic carbocycles. The molecule has 4 heterocycles. The van der Waals surface area contributed by atoms with Crippen LogP contribution >= 0.6 is 11.3 Å². The lowest BCUT2D eigenvalue weighted by atomic mass is 10.0. The summed E-state index contributed by atoms with van der Waals surface area (Å²) in [6.07, 6.45) is 6.68. The van der Waals surface area contributed by atoms with Gasteiger partial charge in [0.1, 0.15) is 6.10 Å². The van der Waals surface area contributed by atoms with E-state index in [1.54, 1.807) is 18.6 Å². The van der Waals surface area contributed by atoms with Crippen LogP contribution in [0.15, 0.2) is 42.2 Å². The SMILES string of the molecule is Cc1ccnc(O[C@@H]2CC[C@@H](C)N(C(=O)c3ccsc3-n3nccn3)C2)c1. The van der Waals surface area contributed by atoms with Gasteiger partial charge in [-0.1, -0.05) is 0 Å². The summed E-state index contributed by atoms with van der Waals surface area (Å²) < 4.78 is 6.05. The van der Waals surface area contributed by atoms with Crippen molar-refractivity contribution in [2.75, 3.05) is 6.54 Å². The normalized spacial score (nSPS) is 19.9. The molecule has 1 amide bonds. The van der Waals surface area contributed by atoms with Crippen LogP contribution < -0.4 is 4.74 Å². The second kappa shape index (κ2) is 7.48. The lowest BCUT2D eigenvalue weighted by molar-refractivity contribution is 0.0373. The molecule has 1 aliphatic heterocycles. The third kappa shape index (κ3) is 3.71. The number of hydrogen-bond donors (Lipinski definition) is 0. The molecule has 1 saturated heterocycles. The first-order chi connectivity index (χ1) is 13.1. The summed E-state index contributed by atoms with van der Waals surface area (Å²) in [5.41, 5.74) is 1.73. The molecule has 2 atom stereocenters. The van der Waals surface area contributed by atoms with E-state index in [1.807, 2.05) is 35.4 Å². The number of aromatic nitrogens is 4. The molecule has 0 unspecified atom stereocenters. The molecule has 0 spiro atoms. The molecule has 8 heteroatoms. The fraction of sp³-hybridized carbons (Fsp3) is 0.368. The first-order valence-corrected chi connectivity index (χ1v) is 9.84. The fourth-order valence-corrected chi connectivity index (χ4v) is 4.09. The number of likely N-dealkylation sites (tertiary alicyclic amines) is 1. The zero-order valence-corrected chi connectivity index (χ0v) is 16.1. The van der Waals surface area contributed by atoms with Crippen LogP contribution in [0.1, 0.15) is 35.7 Å². The van der Waals surface area contributed by atoms with Gasteiger partial charge in [-0.3, -0.25) is 4.79 Å². The van der Waals surface area contributed by atoms with E-state index in [2.05, 4.69) is 22.1 Å². The maximum absolute atomic E-state index is 13.2. The van der Waals surface area contributed by atoms with E-state index in [4.69, 9.17) is 4.74 Å². The minimum Gasteiger partial charge on any atom is -0.472 e.